The quantitative estimate of drug-likeness (QED) is 0.459. The van der Waals surface area contributed by atoms with Crippen LogP contribution in [0.15, 0.2) is 16.6 Å². The van der Waals surface area contributed by atoms with Gasteiger partial charge in [-0.25, -0.2) is 12.8 Å². The fraction of sp³-hybridized carbons (Fsp3) is 0.538. The van der Waals surface area contributed by atoms with Gasteiger partial charge in [-0.3, -0.25) is 0 Å². The number of ether oxygens (including phenoxy) is 1. The summed E-state index contributed by atoms with van der Waals surface area (Å²) >= 11 is 8.89. The summed E-state index contributed by atoms with van der Waals surface area (Å²) in [5.41, 5.74) is -0.615. The van der Waals surface area contributed by atoms with Crippen LogP contribution in [0.5, 0.6) is 5.75 Å². The van der Waals surface area contributed by atoms with Crippen LogP contribution in [0.25, 0.3) is 0 Å². The third-order valence-electron chi connectivity index (χ3n) is 3.49. The molecule has 0 aliphatic rings. The molecule has 0 fully saturated rings. The highest BCUT2D eigenvalue weighted by Crippen LogP contribution is 2.34. The monoisotopic (exact) mass is 420 g/mol. The molecule has 21 heavy (non-hydrogen) atoms. The van der Waals surface area contributed by atoms with E-state index < -0.39 is 20.3 Å². The van der Waals surface area contributed by atoms with Gasteiger partial charge in [-0.2, -0.15) is 0 Å². The molecule has 0 aromatic heterocycles. The molecular formula is C13H16BrCl2FO3S. The van der Waals surface area contributed by atoms with E-state index in [0.717, 1.165) is 6.07 Å². The Bertz CT molecular complexity index is 604. The van der Waals surface area contributed by atoms with Gasteiger partial charge in [0.25, 0.3) is 0 Å². The van der Waals surface area contributed by atoms with Gasteiger partial charge in [0, 0.05) is 22.2 Å². The lowest BCUT2D eigenvalue weighted by atomic mass is 9.85. The number of benzene rings is 1. The van der Waals surface area contributed by atoms with Gasteiger partial charge >= 0.3 is 0 Å². The molecule has 0 atom stereocenters. The van der Waals surface area contributed by atoms with Gasteiger partial charge in [-0.1, -0.05) is 25.4 Å². The molecule has 0 aliphatic carbocycles. The standard InChI is InChI=1S/C13H16BrCl2FO3S/c1-3-13(4-2,8-21(16,18)19)7-20-12-6-11(17)10(15)5-9(12)14/h5-6H,3-4,7-8H2,1-2H3. The molecule has 0 bridgehead atoms. The molecule has 0 spiro atoms. The van der Waals surface area contributed by atoms with E-state index in [1.807, 2.05) is 13.8 Å². The molecule has 0 amide bonds. The lowest BCUT2D eigenvalue weighted by Crippen LogP contribution is -2.33. The third kappa shape index (κ3) is 5.58. The van der Waals surface area contributed by atoms with Crippen molar-refractivity contribution in [3.05, 3.63) is 27.4 Å². The van der Waals surface area contributed by atoms with Crippen LogP contribution in [0.2, 0.25) is 5.02 Å². The first-order valence-corrected chi connectivity index (χ1v) is 9.97. The van der Waals surface area contributed by atoms with Crippen molar-refractivity contribution in [3.63, 3.8) is 0 Å². The van der Waals surface area contributed by atoms with Crippen LogP contribution in [-0.2, 0) is 9.05 Å². The molecule has 0 radical (unpaired) electrons. The van der Waals surface area contributed by atoms with E-state index in [2.05, 4.69) is 15.9 Å². The van der Waals surface area contributed by atoms with Crippen LogP contribution in [-0.4, -0.2) is 20.8 Å². The number of hydrogen-bond acceptors (Lipinski definition) is 3. The lowest BCUT2D eigenvalue weighted by Gasteiger charge is -2.30. The van der Waals surface area contributed by atoms with Crippen LogP contribution in [0.1, 0.15) is 26.7 Å². The smallest absolute Gasteiger partial charge is 0.233 e. The fourth-order valence-electron chi connectivity index (χ4n) is 1.91. The van der Waals surface area contributed by atoms with Gasteiger partial charge in [-0.15, -0.1) is 0 Å². The Hall–Kier alpha value is -0.0400. The predicted molar refractivity (Wildman–Crippen MR) is 87.3 cm³/mol. The SMILES string of the molecule is CCC(CC)(COc1cc(F)c(Cl)cc1Br)CS(=O)(=O)Cl. The molecule has 0 saturated heterocycles. The minimum absolute atomic E-state index is 0.0187. The van der Waals surface area contributed by atoms with Gasteiger partial charge < -0.3 is 4.74 Å². The first-order chi connectivity index (χ1) is 9.62. The van der Waals surface area contributed by atoms with Gasteiger partial charge in [0.1, 0.15) is 11.6 Å². The second kappa shape index (κ2) is 7.49. The Labute approximate surface area is 142 Å². The van der Waals surface area contributed by atoms with Crippen LogP contribution in [0, 0.1) is 11.2 Å². The summed E-state index contributed by atoms with van der Waals surface area (Å²) in [6.07, 6.45) is 1.15. The second-order valence-corrected chi connectivity index (χ2v) is 8.91. The van der Waals surface area contributed by atoms with Crippen molar-refractivity contribution in [2.24, 2.45) is 5.41 Å². The zero-order valence-corrected chi connectivity index (χ0v) is 15.5. The summed E-state index contributed by atoms with van der Waals surface area (Å²) < 4.78 is 42.3. The van der Waals surface area contributed by atoms with Crippen molar-refractivity contribution in [1.82, 2.24) is 0 Å². The topological polar surface area (TPSA) is 43.4 Å². The maximum atomic E-state index is 13.5. The predicted octanol–water partition coefficient (Wildman–Crippen LogP) is 5.00. The van der Waals surface area contributed by atoms with E-state index in [0.29, 0.717) is 17.3 Å². The van der Waals surface area contributed by atoms with Gasteiger partial charge in [0.15, 0.2) is 0 Å². The molecule has 0 N–H and O–H groups in total. The number of hydrogen-bond donors (Lipinski definition) is 0. The first-order valence-electron chi connectivity index (χ1n) is 6.32. The Morgan fingerprint density at radius 3 is 2.38 bits per heavy atom. The zero-order chi connectivity index (χ0) is 16.3. The van der Waals surface area contributed by atoms with Crippen molar-refractivity contribution in [1.29, 1.82) is 0 Å². The van der Waals surface area contributed by atoms with Crippen molar-refractivity contribution in [2.75, 3.05) is 12.4 Å². The average molecular weight is 422 g/mol. The maximum absolute atomic E-state index is 13.5. The Kier molecular flexibility index (Phi) is 6.78. The normalized spacial score (nSPS) is 12.5. The van der Waals surface area contributed by atoms with Crippen molar-refractivity contribution in [2.45, 2.75) is 26.7 Å². The van der Waals surface area contributed by atoms with E-state index in [1.54, 1.807) is 0 Å². The molecule has 0 heterocycles. The molecule has 1 aromatic carbocycles. The van der Waals surface area contributed by atoms with Gasteiger partial charge in [0.05, 0.1) is 21.9 Å². The van der Waals surface area contributed by atoms with Crippen LogP contribution in [0.3, 0.4) is 0 Å². The highest BCUT2D eigenvalue weighted by Gasteiger charge is 2.33. The fourth-order valence-corrected chi connectivity index (χ4v) is 4.58. The van der Waals surface area contributed by atoms with Crippen molar-refractivity contribution in [3.8, 4) is 5.75 Å². The van der Waals surface area contributed by atoms with E-state index in [4.69, 9.17) is 27.0 Å². The second-order valence-electron chi connectivity index (χ2n) is 4.88. The molecule has 0 aliphatic heterocycles. The summed E-state index contributed by atoms with van der Waals surface area (Å²) in [5.74, 6) is -0.518. The summed E-state index contributed by atoms with van der Waals surface area (Å²) in [7, 11) is 1.71. The first kappa shape index (κ1) is 19.0. The Morgan fingerprint density at radius 2 is 1.90 bits per heavy atom. The summed E-state index contributed by atoms with van der Waals surface area (Å²) in [6.45, 7) is 3.85. The molecule has 0 unspecified atom stereocenters. The minimum Gasteiger partial charge on any atom is -0.492 e. The largest absolute Gasteiger partial charge is 0.492 e. The van der Waals surface area contributed by atoms with E-state index >= 15 is 0 Å². The van der Waals surface area contributed by atoms with Crippen molar-refractivity contribution < 1.29 is 17.5 Å². The third-order valence-corrected chi connectivity index (χ3v) is 5.68. The summed E-state index contributed by atoms with van der Waals surface area (Å²) in [5, 5.41) is -0.0187. The van der Waals surface area contributed by atoms with Gasteiger partial charge in [0.2, 0.25) is 9.05 Å². The minimum atomic E-state index is -3.65. The van der Waals surface area contributed by atoms with Crippen LogP contribution >= 0.6 is 38.2 Å². The molecule has 8 heteroatoms. The molecule has 0 saturated carbocycles. The summed E-state index contributed by atoms with van der Waals surface area (Å²) in [6, 6.07) is 2.56. The Morgan fingerprint density at radius 1 is 1.33 bits per heavy atom. The van der Waals surface area contributed by atoms with E-state index in [1.165, 1.54) is 6.07 Å². The van der Waals surface area contributed by atoms with Crippen LogP contribution in [0.4, 0.5) is 4.39 Å². The van der Waals surface area contributed by atoms with E-state index in [-0.39, 0.29) is 23.1 Å². The lowest BCUT2D eigenvalue weighted by molar-refractivity contribution is 0.154. The van der Waals surface area contributed by atoms with E-state index in [9.17, 15) is 12.8 Å². The van der Waals surface area contributed by atoms with Crippen LogP contribution < -0.4 is 4.74 Å². The van der Waals surface area contributed by atoms with Crippen molar-refractivity contribution >= 4 is 47.3 Å². The average Bonchev–Trinajstić information content (AvgIpc) is 2.38. The number of rotatable bonds is 7. The number of halogens is 4. The molecule has 1 rings (SSSR count). The highest BCUT2D eigenvalue weighted by atomic mass is 79.9. The molecular weight excluding hydrogens is 406 g/mol. The summed E-state index contributed by atoms with van der Waals surface area (Å²) in [4.78, 5) is 0. The maximum Gasteiger partial charge on any atom is 0.233 e. The van der Waals surface area contributed by atoms with Gasteiger partial charge in [-0.05, 0) is 34.8 Å². The zero-order valence-electron chi connectivity index (χ0n) is 11.6. The Balaban J connectivity index is 2.95. The highest BCUT2D eigenvalue weighted by molar-refractivity contribution is 9.10. The molecule has 1 aromatic rings. The molecule has 3 nitrogen and oxygen atoms in total. The molecule has 120 valence electrons.